The van der Waals surface area contributed by atoms with Crippen LogP contribution in [0.15, 0.2) is 79.0 Å². The van der Waals surface area contributed by atoms with Crippen molar-refractivity contribution in [1.29, 1.82) is 0 Å². The van der Waals surface area contributed by atoms with Gasteiger partial charge in [0.1, 0.15) is 5.69 Å². The molecule has 10 heteroatoms. The third kappa shape index (κ3) is 8.31. The van der Waals surface area contributed by atoms with Gasteiger partial charge in [-0.1, -0.05) is 61.4 Å². The normalized spacial score (nSPS) is 25.6. The number of aliphatic hydroxyl groups excluding tert-OH is 1. The Hall–Kier alpha value is -4.22. The van der Waals surface area contributed by atoms with E-state index < -0.39 is 6.29 Å². The minimum atomic E-state index is -0.711. The average molecular weight is 692 g/mol. The van der Waals surface area contributed by atoms with E-state index in [1.54, 1.807) is 0 Å². The monoisotopic (exact) mass is 691 g/mol. The average Bonchev–Trinajstić information content (AvgIpc) is 3.14. The number of aliphatic hydroxyl groups is 1. The van der Waals surface area contributed by atoms with E-state index >= 15 is 0 Å². The van der Waals surface area contributed by atoms with Crippen molar-refractivity contribution in [3.05, 3.63) is 101 Å². The Labute approximate surface area is 300 Å². The van der Waals surface area contributed by atoms with E-state index in [2.05, 4.69) is 25.5 Å². The maximum Gasteiger partial charge on any atom is 0.275 e. The van der Waals surface area contributed by atoms with E-state index in [9.17, 15) is 14.7 Å². The summed E-state index contributed by atoms with van der Waals surface area (Å²) in [5, 5.41) is 15.9. The van der Waals surface area contributed by atoms with Gasteiger partial charge in [-0.3, -0.25) is 19.5 Å². The number of anilines is 1. The highest BCUT2D eigenvalue weighted by atomic mass is 16.7. The molecular formula is C41H49N5O5. The van der Waals surface area contributed by atoms with Crippen LogP contribution in [0.2, 0.25) is 0 Å². The second kappa shape index (κ2) is 15.2. The Morgan fingerprint density at radius 2 is 1.69 bits per heavy atom. The molecule has 268 valence electrons. The number of carbonyl (C=O) groups excluding carboxylic acids is 2. The van der Waals surface area contributed by atoms with Crippen LogP contribution in [-0.2, 0) is 20.9 Å². The van der Waals surface area contributed by atoms with E-state index in [0.29, 0.717) is 36.1 Å². The largest absolute Gasteiger partial charge is 0.392 e. The first kappa shape index (κ1) is 35.2. The molecule has 1 saturated carbocycles. The number of rotatable bonds is 8. The van der Waals surface area contributed by atoms with Crippen LogP contribution < -0.4 is 10.6 Å². The number of benzene rings is 3. The molecule has 3 heterocycles. The molecule has 3 aromatic carbocycles. The molecule has 0 unspecified atom stereocenters. The third-order valence-electron chi connectivity index (χ3n) is 10.4. The number of nitrogens with zero attached hydrogens (tertiary/aromatic N) is 3. The van der Waals surface area contributed by atoms with Crippen LogP contribution in [0.1, 0.15) is 105 Å². The van der Waals surface area contributed by atoms with E-state index in [1.807, 2.05) is 93.6 Å². The van der Waals surface area contributed by atoms with Crippen molar-refractivity contribution < 1.29 is 24.2 Å². The van der Waals surface area contributed by atoms with Crippen LogP contribution in [0.5, 0.6) is 0 Å². The Kier molecular flexibility index (Phi) is 10.5. The Morgan fingerprint density at radius 1 is 0.902 bits per heavy atom. The molecule has 3 N–H and O–H groups in total. The lowest BCUT2D eigenvalue weighted by Gasteiger charge is -2.50. The van der Waals surface area contributed by atoms with Crippen LogP contribution in [0.3, 0.4) is 0 Å². The van der Waals surface area contributed by atoms with Crippen molar-refractivity contribution in [1.82, 2.24) is 20.2 Å². The molecule has 0 bridgehead atoms. The molecule has 10 nitrogen and oxygen atoms in total. The number of para-hydroxylation sites is 2. The number of hydrogen-bond donors (Lipinski definition) is 3. The Balaban J connectivity index is 1.15. The standard InChI is InChI=1S/C41H49N5O5/c1-41(2,3)45-39(49)36-20-19-27-9-4-7-14-35(27)46(36)24-31-22-37(28-17-15-26(25-47)16-18-28)51-40(50-31)29-10-8-11-30(21-29)43-38(48)34-23-42-32-12-5-6-13-33(32)44-34/h5-6,8,10-13,15-18,21,23,27,31,35-37,40,47H,4,7,9,14,19-20,22,24-25H2,1-3H3,(H,43,48)(H,45,49)/t27-,31+,35-,36-,37-,40-/m1/s1. The minimum absolute atomic E-state index is 0.0288. The predicted octanol–water partition coefficient (Wildman–Crippen LogP) is 6.86. The minimum Gasteiger partial charge on any atom is -0.392 e. The van der Waals surface area contributed by atoms with Gasteiger partial charge in [0.2, 0.25) is 5.91 Å². The van der Waals surface area contributed by atoms with Gasteiger partial charge in [0.05, 0.1) is 42.1 Å². The van der Waals surface area contributed by atoms with Crippen LogP contribution in [-0.4, -0.2) is 62.1 Å². The number of likely N-dealkylation sites (tertiary alicyclic amines) is 1. The topological polar surface area (TPSA) is 126 Å². The van der Waals surface area contributed by atoms with Crippen LogP contribution in [0.25, 0.3) is 11.0 Å². The fraction of sp³-hybridized carbons (Fsp3) is 0.463. The van der Waals surface area contributed by atoms with Gasteiger partial charge in [0.15, 0.2) is 6.29 Å². The number of fused-ring (bicyclic) bond motifs is 2. The first-order valence-electron chi connectivity index (χ1n) is 18.3. The molecule has 6 atom stereocenters. The Bertz CT molecular complexity index is 1840. The molecule has 7 rings (SSSR count). The Morgan fingerprint density at radius 3 is 2.47 bits per heavy atom. The lowest BCUT2D eigenvalue weighted by Crippen LogP contribution is -2.61. The van der Waals surface area contributed by atoms with Crippen molar-refractivity contribution in [3.8, 4) is 0 Å². The third-order valence-corrected chi connectivity index (χ3v) is 10.4. The summed E-state index contributed by atoms with van der Waals surface area (Å²) >= 11 is 0. The lowest BCUT2D eigenvalue weighted by molar-refractivity contribution is -0.255. The van der Waals surface area contributed by atoms with Gasteiger partial charge in [-0.25, -0.2) is 4.98 Å². The summed E-state index contributed by atoms with van der Waals surface area (Å²) in [6.45, 7) is 6.69. The summed E-state index contributed by atoms with van der Waals surface area (Å²) < 4.78 is 13.5. The fourth-order valence-corrected chi connectivity index (χ4v) is 8.02. The van der Waals surface area contributed by atoms with E-state index in [0.717, 1.165) is 41.5 Å². The molecule has 2 aliphatic heterocycles. The number of amides is 2. The van der Waals surface area contributed by atoms with Crippen LogP contribution in [0.4, 0.5) is 5.69 Å². The zero-order valence-corrected chi connectivity index (χ0v) is 29.8. The van der Waals surface area contributed by atoms with Crippen LogP contribution >= 0.6 is 0 Å². The van der Waals surface area contributed by atoms with Gasteiger partial charge < -0.3 is 25.2 Å². The molecule has 4 aromatic rings. The van der Waals surface area contributed by atoms with E-state index in [1.165, 1.54) is 25.5 Å². The SMILES string of the molecule is CC(C)(C)NC(=O)[C@H]1CC[C@H]2CCCC[C@H]2N1C[C@@H]1C[C@H](c2ccc(CO)cc2)O[C@H](c2cccc(NC(=O)c3cnc4ccccc4n3)c2)O1. The van der Waals surface area contributed by atoms with Gasteiger partial charge in [0.25, 0.3) is 5.91 Å². The first-order valence-corrected chi connectivity index (χ1v) is 18.3. The fourth-order valence-electron chi connectivity index (χ4n) is 8.02. The first-order chi connectivity index (χ1) is 24.6. The highest BCUT2D eigenvalue weighted by Gasteiger charge is 2.44. The molecule has 0 spiro atoms. The molecule has 1 aromatic heterocycles. The number of nitrogens with one attached hydrogen (secondary N) is 2. The summed E-state index contributed by atoms with van der Waals surface area (Å²) in [6.07, 6.45) is 7.52. The molecule has 2 saturated heterocycles. The summed E-state index contributed by atoms with van der Waals surface area (Å²) in [5.74, 6) is 0.315. The van der Waals surface area contributed by atoms with Crippen molar-refractivity contribution in [2.75, 3.05) is 11.9 Å². The number of piperidine rings is 1. The smallest absolute Gasteiger partial charge is 0.275 e. The second-order valence-electron chi connectivity index (χ2n) is 15.3. The molecule has 3 fully saturated rings. The zero-order chi connectivity index (χ0) is 35.5. The van der Waals surface area contributed by atoms with Gasteiger partial charge in [-0.15, -0.1) is 0 Å². The number of hydrogen-bond acceptors (Lipinski definition) is 8. The van der Waals surface area contributed by atoms with Crippen molar-refractivity contribution in [3.63, 3.8) is 0 Å². The molecule has 0 radical (unpaired) electrons. The van der Waals surface area contributed by atoms with Crippen molar-refractivity contribution in [2.45, 2.75) is 108 Å². The molecule has 1 aliphatic carbocycles. The molecule has 51 heavy (non-hydrogen) atoms. The lowest BCUT2D eigenvalue weighted by atomic mass is 9.75. The molecular weight excluding hydrogens is 642 g/mol. The highest BCUT2D eigenvalue weighted by Crippen LogP contribution is 2.42. The van der Waals surface area contributed by atoms with Gasteiger partial charge in [-0.2, -0.15) is 0 Å². The van der Waals surface area contributed by atoms with Crippen LogP contribution in [0, 0.1) is 5.92 Å². The maximum atomic E-state index is 13.8. The molecule has 3 aliphatic rings. The quantitative estimate of drug-likeness (QED) is 0.183. The summed E-state index contributed by atoms with van der Waals surface area (Å²) in [4.78, 5) is 38.4. The summed E-state index contributed by atoms with van der Waals surface area (Å²) in [5.41, 5.74) is 4.48. The molecule has 2 amide bonds. The van der Waals surface area contributed by atoms with Gasteiger partial charge in [-0.05, 0) is 87.8 Å². The number of aromatic nitrogens is 2. The summed E-state index contributed by atoms with van der Waals surface area (Å²) in [6, 6.07) is 23.0. The number of ether oxygens (including phenoxy) is 2. The number of carbonyl (C=O) groups is 2. The second-order valence-corrected chi connectivity index (χ2v) is 15.3. The van der Waals surface area contributed by atoms with Gasteiger partial charge >= 0.3 is 0 Å². The van der Waals surface area contributed by atoms with Crippen molar-refractivity contribution >= 4 is 28.5 Å². The predicted molar refractivity (Wildman–Crippen MR) is 196 cm³/mol. The van der Waals surface area contributed by atoms with Crippen molar-refractivity contribution in [2.24, 2.45) is 5.92 Å². The summed E-state index contributed by atoms with van der Waals surface area (Å²) in [7, 11) is 0. The zero-order valence-electron chi connectivity index (χ0n) is 29.8. The van der Waals surface area contributed by atoms with Gasteiger partial charge in [0, 0.05) is 35.8 Å². The highest BCUT2D eigenvalue weighted by molar-refractivity contribution is 6.03. The van der Waals surface area contributed by atoms with E-state index in [4.69, 9.17) is 9.47 Å². The maximum absolute atomic E-state index is 13.8. The van der Waals surface area contributed by atoms with E-state index in [-0.39, 0.29) is 47.9 Å².